The Kier molecular flexibility index (Phi) is 8.29. The van der Waals surface area contributed by atoms with Gasteiger partial charge >= 0.3 is 11.9 Å². The maximum absolute atomic E-state index is 13.7. The van der Waals surface area contributed by atoms with E-state index in [1.807, 2.05) is 0 Å². The van der Waals surface area contributed by atoms with Crippen molar-refractivity contribution in [2.75, 3.05) is 18.1 Å². The molecule has 3 aromatic rings. The van der Waals surface area contributed by atoms with Crippen LogP contribution in [0.4, 0.5) is 10.1 Å². The van der Waals surface area contributed by atoms with E-state index < -0.39 is 23.7 Å². The van der Waals surface area contributed by atoms with Crippen molar-refractivity contribution < 1.29 is 27.9 Å². The van der Waals surface area contributed by atoms with Gasteiger partial charge in [0.1, 0.15) is 17.3 Å². The van der Waals surface area contributed by atoms with E-state index in [0.29, 0.717) is 39.2 Å². The van der Waals surface area contributed by atoms with Crippen LogP contribution in [0.3, 0.4) is 0 Å². The Morgan fingerprint density at radius 2 is 1.47 bits per heavy atom. The van der Waals surface area contributed by atoms with Crippen LogP contribution in [0.5, 0.6) is 0 Å². The lowest BCUT2D eigenvalue weighted by Crippen LogP contribution is -2.35. The molecule has 0 amide bonds. The maximum Gasteiger partial charge on any atom is 0.336 e. The summed E-state index contributed by atoms with van der Waals surface area (Å²) in [6.07, 6.45) is 0. The molecule has 0 fully saturated rings. The van der Waals surface area contributed by atoms with Gasteiger partial charge in [0, 0.05) is 27.7 Å². The van der Waals surface area contributed by atoms with Crippen LogP contribution in [0.2, 0.25) is 10.0 Å². The molecule has 0 aliphatic carbocycles. The first-order valence-electron chi connectivity index (χ1n) is 12.0. The molecular weight excluding hydrogens is 532 g/mol. The molecule has 4 rings (SSSR count). The summed E-state index contributed by atoms with van der Waals surface area (Å²) in [4.78, 5) is 28.6. The number of halogens is 3. The van der Waals surface area contributed by atoms with Gasteiger partial charge in [0.05, 0.1) is 35.3 Å². The van der Waals surface area contributed by atoms with E-state index in [-0.39, 0.29) is 29.4 Å². The van der Waals surface area contributed by atoms with Crippen LogP contribution in [0.1, 0.15) is 39.4 Å². The second-order valence-electron chi connectivity index (χ2n) is 8.51. The first-order valence-corrected chi connectivity index (χ1v) is 12.8. The van der Waals surface area contributed by atoms with Crippen LogP contribution < -0.4 is 4.90 Å². The van der Waals surface area contributed by atoms with E-state index in [1.165, 1.54) is 18.2 Å². The number of esters is 2. The number of rotatable bonds is 7. The van der Waals surface area contributed by atoms with Crippen molar-refractivity contribution >= 4 is 40.8 Å². The van der Waals surface area contributed by atoms with Crippen LogP contribution in [0, 0.1) is 5.82 Å². The van der Waals surface area contributed by atoms with Gasteiger partial charge < -0.3 is 18.8 Å². The molecule has 1 aliphatic rings. The Bertz CT molecular complexity index is 1400. The molecule has 0 radical (unpaired) electrons. The predicted octanol–water partition coefficient (Wildman–Crippen LogP) is 7.67. The summed E-state index contributed by atoms with van der Waals surface area (Å²) in [5, 5.41) is 0.495. The molecule has 0 N–H and O–H groups in total. The molecule has 1 aromatic heterocycles. The van der Waals surface area contributed by atoms with Crippen molar-refractivity contribution in [1.29, 1.82) is 0 Å². The number of carbonyl (C=O) groups is 2. The van der Waals surface area contributed by atoms with Gasteiger partial charge in [0.2, 0.25) is 0 Å². The summed E-state index contributed by atoms with van der Waals surface area (Å²) in [6.45, 7) is 7.25. The minimum Gasteiger partial charge on any atom is -0.463 e. The zero-order chi connectivity index (χ0) is 27.6. The van der Waals surface area contributed by atoms with Gasteiger partial charge in [-0.1, -0.05) is 23.2 Å². The van der Waals surface area contributed by atoms with Crippen molar-refractivity contribution in [3.8, 4) is 11.3 Å². The van der Waals surface area contributed by atoms with E-state index in [9.17, 15) is 14.0 Å². The zero-order valence-electron chi connectivity index (χ0n) is 21.3. The molecule has 0 spiro atoms. The number of hydrogen-bond acceptors (Lipinski definition) is 6. The van der Waals surface area contributed by atoms with Crippen molar-refractivity contribution in [1.82, 2.24) is 0 Å². The number of hydrogen-bond donors (Lipinski definition) is 0. The van der Waals surface area contributed by atoms with E-state index in [0.717, 1.165) is 0 Å². The highest BCUT2D eigenvalue weighted by atomic mass is 35.5. The zero-order valence-corrected chi connectivity index (χ0v) is 22.8. The number of allylic oxidation sites excluding steroid dienone is 2. The smallest absolute Gasteiger partial charge is 0.336 e. The first kappa shape index (κ1) is 27.5. The van der Waals surface area contributed by atoms with Crippen LogP contribution >= 0.6 is 23.2 Å². The van der Waals surface area contributed by atoms with Crippen molar-refractivity contribution in [3.05, 3.63) is 98.8 Å². The molecule has 1 aliphatic heterocycles. The van der Waals surface area contributed by atoms with E-state index in [2.05, 4.69) is 0 Å². The van der Waals surface area contributed by atoms with Crippen LogP contribution in [0.15, 0.2) is 81.6 Å². The molecule has 0 bridgehead atoms. The molecule has 0 saturated carbocycles. The highest BCUT2D eigenvalue weighted by Gasteiger charge is 2.42. The first-order chi connectivity index (χ1) is 18.2. The van der Waals surface area contributed by atoms with Gasteiger partial charge in [-0.05, 0) is 82.3 Å². The highest BCUT2D eigenvalue weighted by Crippen LogP contribution is 2.46. The molecule has 9 heteroatoms. The molecule has 38 heavy (non-hydrogen) atoms. The standard InChI is InChI=1S/C29H26Cl2FNO5/c1-5-36-28(34)25-16(3)33(20-10-8-19(30)9-11-20)17(4)26(29(35)37-6-2)27(25)24-14-13-23(38-24)18-7-12-22(32)21(31)15-18/h7-15,27H,5-6H2,1-4H3. The van der Waals surface area contributed by atoms with Crippen molar-refractivity contribution in [3.63, 3.8) is 0 Å². The summed E-state index contributed by atoms with van der Waals surface area (Å²) >= 11 is 12.1. The minimum absolute atomic E-state index is 0.0531. The fourth-order valence-electron chi connectivity index (χ4n) is 4.58. The third-order valence-electron chi connectivity index (χ3n) is 6.22. The molecule has 0 atom stereocenters. The normalized spacial score (nSPS) is 14.2. The SMILES string of the molecule is CCOC(=O)C1=C(C)N(c2ccc(Cl)cc2)C(C)=C(C(=O)OCC)C1c1ccc(-c2ccc(F)c(Cl)c2)o1. The summed E-state index contributed by atoms with van der Waals surface area (Å²) in [6, 6.07) is 14.6. The Balaban J connectivity index is 1.93. The Labute approximate surface area is 230 Å². The lowest BCUT2D eigenvalue weighted by atomic mass is 9.82. The number of furan rings is 1. The van der Waals surface area contributed by atoms with Gasteiger partial charge in [-0.3, -0.25) is 0 Å². The van der Waals surface area contributed by atoms with Gasteiger partial charge in [-0.2, -0.15) is 0 Å². The highest BCUT2D eigenvalue weighted by molar-refractivity contribution is 6.31. The molecular formula is C29H26Cl2FNO5. The van der Waals surface area contributed by atoms with E-state index in [4.69, 9.17) is 37.1 Å². The topological polar surface area (TPSA) is 69.0 Å². The molecule has 6 nitrogen and oxygen atoms in total. The van der Waals surface area contributed by atoms with Gasteiger partial charge in [-0.15, -0.1) is 0 Å². The Morgan fingerprint density at radius 1 is 0.895 bits per heavy atom. The van der Waals surface area contributed by atoms with E-state index in [1.54, 1.807) is 69.0 Å². The molecule has 2 heterocycles. The van der Waals surface area contributed by atoms with Crippen molar-refractivity contribution in [2.24, 2.45) is 0 Å². The summed E-state index contributed by atoms with van der Waals surface area (Å²) in [5.41, 5.74) is 2.82. The fourth-order valence-corrected chi connectivity index (χ4v) is 4.88. The van der Waals surface area contributed by atoms with Crippen LogP contribution in [-0.2, 0) is 19.1 Å². The molecule has 0 unspecified atom stereocenters. The van der Waals surface area contributed by atoms with Gasteiger partial charge in [-0.25, -0.2) is 14.0 Å². The Hall–Kier alpha value is -3.55. The van der Waals surface area contributed by atoms with Crippen LogP contribution in [-0.4, -0.2) is 25.2 Å². The van der Waals surface area contributed by atoms with E-state index >= 15 is 0 Å². The number of benzene rings is 2. The average Bonchev–Trinajstić information content (AvgIpc) is 3.36. The average molecular weight is 558 g/mol. The lowest BCUT2D eigenvalue weighted by molar-refractivity contribution is -0.139. The summed E-state index contributed by atoms with van der Waals surface area (Å²) in [5.74, 6) is -1.94. The largest absolute Gasteiger partial charge is 0.463 e. The second-order valence-corrected chi connectivity index (χ2v) is 9.36. The van der Waals surface area contributed by atoms with Gasteiger partial charge in [0.15, 0.2) is 0 Å². The van der Waals surface area contributed by atoms with Crippen LogP contribution in [0.25, 0.3) is 11.3 Å². The summed E-state index contributed by atoms with van der Waals surface area (Å²) < 4.78 is 30.8. The Morgan fingerprint density at radius 3 is 2.00 bits per heavy atom. The summed E-state index contributed by atoms with van der Waals surface area (Å²) in [7, 11) is 0. The van der Waals surface area contributed by atoms with Gasteiger partial charge in [0.25, 0.3) is 0 Å². The molecule has 198 valence electrons. The molecule has 2 aromatic carbocycles. The second kappa shape index (κ2) is 11.5. The fraction of sp³-hybridized carbons (Fsp3) is 0.241. The van der Waals surface area contributed by atoms with Crippen molar-refractivity contribution in [2.45, 2.75) is 33.6 Å². The number of carbonyl (C=O) groups excluding carboxylic acids is 2. The predicted molar refractivity (Wildman–Crippen MR) is 144 cm³/mol. The quantitative estimate of drug-likeness (QED) is 0.277. The number of ether oxygens (including phenoxy) is 2. The third kappa shape index (κ3) is 5.22. The monoisotopic (exact) mass is 557 g/mol. The number of nitrogens with zero attached hydrogens (tertiary/aromatic N) is 1. The molecule has 0 saturated heterocycles. The lowest BCUT2D eigenvalue weighted by Gasteiger charge is -2.37. The third-order valence-corrected chi connectivity index (χ3v) is 6.76. The number of anilines is 1. The minimum atomic E-state index is -0.915. The maximum atomic E-state index is 13.7.